The molecule has 1 atom stereocenters. The summed E-state index contributed by atoms with van der Waals surface area (Å²) in [6.45, 7) is 0.0853. The van der Waals surface area contributed by atoms with Gasteiger partial charge in [0.15, 0.2) is 0 Å². The number of anilines is 1. The summed E-state index contributed by atoms with van der Waals surface area (Å²) in [5.74, 6) is -1.50. The lowest BCUT2D eigenvalue weighted by atomic mass is 10.1. The number of hydrogen-bond acceptors (Lipinski definition) is 3. The summed E-state index contributed by atoms with van der Waals surface area (Å²) in [6, 6.07) is 1.23. The van der Waals surface area contributed by atoms with Crippen molar-refractivity contribution >= 4 is 5.69 Å². The number of rotatable bonds is 2. The van der Waals surface area contributed by atoms with Crippen LogP contribution in [0, 0.1) is 11.6 Å². The third kappa shape index (κ3) is 1.93. The number of benzene rings is 1. The van der Waals surface area contributed by atoms with E-state index in [-0.39, 0.29) is 17.8 Å². The lowest BCUT2D eigenvalue weighted by Gasteiger charge is -2.11. The number of halogens is 2. The smallest absolute Gasteiger partial charge is 0.149 e. The molecule has 0 saturated carbocycles. The number of nitrogen functional groups attached to an aromatic ring is 1. The average Bonchev–Trinajstić information content (AvgIpc) is 2.10. The SMILES string of the molecule is NC[C@H](N)c1cc(N)c(F)cc1F. The molecule has 13 heavy (non-hydrogen) atoms. The second-order valence-electron chi connectivity index (χ2n) is 2.74. The highest BCUT2D eigenvalue weighted by Gasteiger charge is 2.12. The highest BCUT2D eigenvalue weighted by atomic mass is 19.1. The maximum absolute atomic E-state index is 13.0. The molecule has 1 rings (SSSR count). The molecule has 0 aliphatic heterocycles. The standard InChI is InChI=1S/C8H11F2N3/c9-5-2-6(10)7(12)1-4(5)8(13)3-11/h1-2,8H,3,11-13H2/t8-/m0/s1. The fourth-order valence-corrected chi connectivity index (χ4v) is 0.994. The Morgan fingerprint density at radius 2 is 1.85 bits per heavy atom. The molecule has 0 heterocycles. The molecule has 5 heteroatoms. The molecule has 72 valence electrons. The Bertz CT molecular complexity index is 315. The van der Waals surface area contributed by atoms with E-state index in [4.69, 9.17) is 17.2 Å². The van der Waals surface area contributed by atoms with Crippen molar-refractivity contribution in [3.63, 3.8) is 0 Å². The number of nitrogens with two attached hydrogens (primary N) is 3. The van der Waals surface area contributed by atoms with Gasteiger partial charge in [0.1, 0.15) is 11.6 Å². The van der Waals surface area contributed by atoms with Crippen molar-refractivity contribution < 1.29 is 8.78 Å². The third-order valence-corrected chi connectivity index (χ3v) is 1.77. The predicted molar refractivity (Wildman–Crippen MR) is 46.8 cm³/mol. The highest BCUT2D eigenvalue weighted by molar-refractivity contribution is 5.44. The zero-order chi connectivity index (χ0) is 10.0. The van der Waals surface area contributed by atoms with E-state index in [1.54, 1.807) is 0 Å². The molecule has 0 spiro atoms. The van der Waals surface area contributed by atoms with Crippen LogP contribution in [-0.4, -0.2) is 6.54 Å². The Morgan fingerprint density at radius 3 is 2.38 bits per heavy atom. The molecule has 3 nitrogen and oxygen atoms in total. The van der Waals surface area contributed by atoms with Crippen LogP contribution in [0.25, 0.3) is 0 Å². The van der Waals surface area contributed by atoms with Crippen LogP contribution >= 0.6 is 0 Å². The fourth-order valence-electron chi connectivity index (χ4n) is 0.994. The van der Waals surface area contributed by atoms with Crippen LogP contribution in [0.5, 0.6) is 0 Å². The molecule has 0 radical (unpaired) electrons. The molecule has 0 bridgehead atoms. The van der Waals surface area contributed by atoms with Gasteiger partial charge in [-0.2, -0.15) is 0 Å². The molecule has 0 aliphatic carbocycles. The van der Waals surface area contributed by atoms with Crippen LogP contribution < -0.4 is 17.2 Å². The van der Waals surface area contributed by atoms with Crippen molar-refractivity contribution in [1.29, 1.82) is 0 Å². The summed E-state index contributed by atoms with van der Waals surface area (Å²) >= 11 is 0. The van der Waals surface area contributed by atoms with Gasteiger partial charge in [0, 0.05) is 24.2 Å². The molecule has 0 fully saturated rings. The summed E-state index contributed by atoms with van der Waals surface area (Å²) in [4.78, 5) is 0. The van der Waals surface area contributed by atoms with Gasteiger partial charge in [0.25, 0.3) is 0 Å². The molecule has 0 amide bonds. The number of hydrogen-bond donors (Lipinski definition) is 3. The molecular weight excluding hydrogens is 176 g/mol. The molecule has 0 aromatic heterocycles. The Morgan fingerprint density at radius 1 is 1.23 bits per heavy atom. The average molecular weight is 187 g/mol. The van der Waals surface area contributed by atoms with E-state index in [0.29, 0.717) is 6.07 Å². The first-order valence-electron chi connectivity index (χ1n) is 3.76. The first-order chi connectivity index (χ1) is 6.06. The maximum atomic E-state index is 13.0. The molecule has 0 saturated heterocycles. The molecule has 0 aliphatic rings. The van der Waals surface area contributed by atoms with Crippen LogP contribution in [-0.2, 0) is 0 Å². The van der Waals surface area contributed by atoms with E-state index in [0.717, 1.165) is 0 Å². The van der Waals surface area contributed by atoms with Gasteiger partial charge in [-0.25, -0.2) is 8.78 Å². The van der Waals surface area contributed by atoms with Crippen LogP contribution in [0.2, 0.25) is 0 Å². The molecular formula is C8H11F2N3. The van der Waals surface area contributed by atoms with Crippen molar-refractivity contribution in [2.75, 3.05) is 12.3 Å². The zero-order valence-corrected chi connectivity index (χ0v) is 6.93. The lowest BCUT2D eigenvalue weighted by Crippen LogP contribution is -2.22. The summed E-state index contributed by atoms with van der Waals surface area (Å²) in [6.07, 6.45) is 0. The summed E-state index contributed by atoms with van der Waals surface area (Å²) in [7, 11) is 0. The Balaban J connectivity index is 3.15. The molecule has 1 aromatic rings. The van der Waals surface area contributed by atoms with Gasteiger partial charge in [-0.15, -0.1) is 0 Å². The van der Waals surface area contributed by atoms with E-state index in [1.807, 2.05) is 0 Å². The zero-order valence-electron chi connectivity index (χ0n) is 6.93. The first-order valence-corrected chi connectivity index (χ1v) is 3.76. The van der Waals surface area contributed by atoms with E-state index >= 15 is 0 Å². The third-order valence-electron chi connectivity index (χ3n) is 1.77. The highest BCUT2D eigenvalue weighted by Crippen LogP contribution is 2.20. The van der Waals surface area contributed by atoms with Gasteiger partial charge in [0.05, 0.1) is 5.69 Å². The minimum absolute atomic E-state index is 0.0853. The predicted octanol–water partition coefficient (Wildman–Crippen LogP) is 0.506. The van der Waals surface area contributed by atoms with Crippen LogP contribution in [0.3, 0.4) is 0 Å². The molecule has 0 unspecified atom stereocenters. The van der Waals surface area contributed by atoms with Gasteiger partial charge in [-0.05, 0) is 6.07 Å². The Kier molecular flexibility index (Phi) is 2.79. The van der Waals surface area contributed by atoms with Gasteiger partial charge < -0.3 is 17.2 Å². The lowest BCUT2D eigenvalue weighted by molar-refractivity contribution is 0.559. The fraction of sp³-hybridized carbons (Fsp3) is 0.250. The van der Waals surface area contributed by atoms with Crippen molar-refractivity contribution in [1.82, 2.24) is 0 Å². The van der Waals surface area contributed by atoms with Gasteiger partial charge in [-0.3, -0.25) is 0 Å². The topological polar surface area (TPSA) is 78.1 Å². The molecule has 6 N–H and O–H groups in total. The second-order valence-corrected chi connectivity index (χ2v) is 2.74. The Labute approximate surface area is 74.5 Å². The van der Waals surface area contributed by atoms with Crippen LogP contribution in [0.15, 0.2) is 12.1 Å². The first kappa shape index (κ1) is 9.88. The van der Waals surface area contributed by atoms with E-state index in [9.17, 15) is 8.78 Å². The van der Waals surface area contributed by atoms with Gasteiger partial charge in [0.2, 0.25) is 0 Å². The van der Waals surface area contributed by atoms with Crippen molar-refractivity contribution in [3.8, 4) is 0 Å². The summed E-state index contributed by atoms with van der Waals surface area (Å²) in [5.41, 5.74) is 16.0. The Hall–Kier alpha value is -1.20. The monoisotopic (exact) mass is 187 g/mol. The van der Waals surface area contributed by atoms with Crippen LogP contribution in [0.1, 0.15) is 11.6 Å². The quantitative estimate of drug-likeness (QED) is 0.590. The summed E-state index contributed by atoms with van der Waals surface area (Å²) < 4.78 is 25.7. The maximum Gasteiger partial charge on any atom is 0.149 e. The largest absolute Gasteiger partial charge is 0.396 e. The minimum atomic E-state index is -0.787. The van der Waals surface area contributed by atoms with Gasteiger partial charge in [-0.1, -0.05) is 0 Å². The van der Waals surface area contributed by atoms with E-state index in [2.05, 4.69) is 0 Å². The van der Waals surface area contributed by atoms with E-state index in [1.165, 1.54) is 6.07 Å². The summed E-state index contributed by atoms with van der Waals surface area (Å²) in [5, 5.41) is 0. The van der Waals surface area contributed by atoms with Crippen molar-refractivity contribution in [2.24, 2.45) is 11.5 Å². The van der Waals surface area contributed by atoms with Crippen molar-refractivity contribution in [2.45, 2.75) is 6.04 Å². The van der Waals surface area contributed by atoms with Crippen LogP contribution in [0.4, 0.5) is 14.5 Å². The second kappa shape index (κ2) is 3.68. The van der Waals surface area contributed by atoms with Gasteiger partial charge >= 0.3 is 0 Å². The van der Waals surface area contributed by atoms with E-state index < -0.39 is 17.7 Å². The minimum Gasteiger partial charge on any atom is -0.396 e. The van der Waals surface area contributed by atoms with Crippen molar-refractivity contribution in [3.05, 3.63) is 29.3 Å². The molecule has 1 aromatic carbocycles. The normalized spacial score (nSPS) is 12.9.